The molecule has 0 atom stereocenters. The predicted molar refractivity (Wildman–Crippen MR) is 83.4 cm³/mol. The molecule has 0 unspecified atom stereocenters. The third-order valence-electron chi connectivity index (χ3n) is 3.43. The van der Waals surface area contributed by atoms with Crippen LogP contribution in [0.4, 0.5) is 0 Å². The van der Waals surface area contributed by atoms with Crippen LogP contribution in [0.5, 0.6) is 5.75 Å². The van der Waals surface area contributed by atoms with Gasteiger partial charge < -0.3 is 14.5 Å². The highest BCUT2D eigenvalue weighted by atomic mass is 16.5. The van der Waals surface area contributed by atoms with Gasteiger partial charge in [-0.2, -0.15) is 0 Å². The van der Waals surface area contributed by atoms with Gasteiger partial charge in [-0.05, 0) is 30.5 Å². The fourth-order valence-electron chi connectivity index (χ4n) is 2.51. The van der Waals surface area contributed by atoms with Crippen molar-refractivity contribution in [3.8, 4) is 5.75 Å². The van der Waals surface area contributed by atoms with E-state index in [9.17, 15) is 0 Å². The zero-order valence-corrected chi connectivity index (χ0v) is 13.1. The Kier molecular flexibility index (Phi) is 4.71. The molecular formula is C17H25NO2. The molecule has 0 fully saturated rings. The van der Waals surface area contributed by atoms with E-state index in [4.69, 9.17) is 9.15 Å². The Labute approximate surface area is 121 Å². The second-order valence-corrected chi connectivity index (χ2v) is 5.98. The summed E-state index contributed by atoms with van der Waals surface area (Å²) in [6.07, 6.45) is 0. The summed E-state index contributed by atoms with van der Waals surface area (Å²) in [6, 6.07) is 6.06. The van der Waals surface area contributed by atoms with Gasteiger partial charge in [0.2, 0.25) is 0 Å². The molecule has 1 N–H and O–H groups in total. The van der Waals surface area contributed by atoms with Gasteiger partial charge in [0.15, 0.2) is 0 Å². The largest absolute Gasteiger partial charge is 0.497 e. The normalized spacial score (nSPS) is 11.8. The number of methoxy groups -OCH3 is 1. The van der Waals surface area contributed by atoms with Gasteiger partial charge in [0.25, 0.3) is 0 Å². The molecule has 0 bridgehead atoms. The Morgan fingerprint density at radius 3 is 2.55 bits per heavy atom. The first-order valence-corrected chi connectivity index (χ1v) is 7.33. The molecule has 2 aromatic rings. The van der Waals surface area contributed by atoms with Crippen molar-refractivity contribution in [1.29, 1.82) is 0 Å². The summed E-state index contributed by atoms with van der Waals surface area (Å²) < 4.78 is 11.3. The van der Waals surface area contributed by atoms with E-state index in [0.717, 1.165) is 30.2 Å². The first-order chi connectivity index (χ1) is 9.52. The van der Waals surface area contributed by atoms with Crippen LogP contribution in [0.15, 0.2) is 22.6 Å². The monoisotopic (exact) mass is 275 g/mol. The van der Waals surface area contributed by atoms with Crippen molar-refractivity contribution in [3.63, 3.8) is 0 Å². The number of rotatable bonds is 6. The Hall–Kier alpha value is -1.48. The number of ether oxygens (including phenoxy) is 1. The maximum atomic E-state index is 6.04. The average molecular weight is 275 g/mol. The molecule has 3 nitrogen and oxygen atoms in total. The third kappa shape index (κ3) is 3.15. The minimum Gasteiger partial charge on any atom is -0.497 e. The first kappa shape index (κ1) is 14.9. The lowest BCUT2D eigenvalue weighted by atomic mass is 9.99. The van der Waals surface area contributed by atoms with E-state index in [1.807, 2.05) is 12.1 Å². The Bertz CT molecular complexity index is 570. The molecule has 1 aromatic heterocycles. The highest BCUT2D eigenvalue weighted by molar-refractivity contribution is 5.84. The molecular weight excluding hydrogens is 250 g/mol. The Morgan fingerprint density at radius 2 is 1.95 bits per heavy atom. The molecule has 2 rings (SSSR count). The van der Waals surface area contributed by atoms with E-state index in [0.29, 0.717) is 11.8 Å². The molecule has 0 aliphatic rings. The van der Waals surface area contributed by atoms with Crippen LogP contribution in [0, 0.1) is 5.92 Å². The van der Waals surface area contributed by atoms with Crippen molar-refractivity contribution in [1.82, 2.24) is 5.32 Å². The zero-order valence-electron chi connectivity index (χ0n) is 13.1. The van der Waals surface area contributed by atoms with E-state index in [1.165, 1.54) is 10.9 Å². The van der Waals surface area contributed by atoms with Gasteiger partial charge in [0, 0.05) is 17.0 Å². The highest BCUT2D eigenvalue weighted by Gasteiger charge is 2.17. The molecule has 20 heavy (non-hydrogen) atoms. The highest BCUT2D eigenvalue weighted by Crippen LogP contribution is 2.33. The van der Waals surface area contributed by atoms with Crippen LogP contribution in [0.2, 0.25) is 0 Å². The second-order valence-electron chi connectivity index (χ2n) is 5.98. The summed E-state index contributed by atoms with van der Waals surface area (Å²) in [5, 5.41) is 4.66. The summed E-state index contributed by atoms with van der Waals surface area (Å²) >= 11 is 0. The number of fused-ring (bicyclic) bond motifs is 1. The lowest BCUT2D eigenvalue weighted by Crippen LogP contribution is -2.19. The van der Waals surface area contributed by atoms with E-state index in [1.54, 1.807) is 7.11 Å². The van der Waals surface area contributed by atoms with Crippen molar-refractivity contribution in [2.45, 2.75) is 40.2 Å². The van der Waals surface area contributed by atoms with Crippen LogP contribution < -0.4 is 10.1 Å². The number of hydrogen-bond acceptors (Lipinski definition) is 3. The van der Waals surface area contributed by atoms with Gasteiger partial charge in [0.05, 0.1) is 13.7 Å². The van der Waals surface area contributed by atoms with Crippen LogP contribution in [-0.4, -0.2) is 13.7 Å². The molecule has 0 spiro atoms. The van der Waals surface area contributed by atoms with Crippen molar-refractivity contribution >= 4 is 11.0 Å². The fourth-order valence-corrected chi connectivity index (χ4v) is 2.51. The van der Waals surface area contributed by atoms with Gasteiger partial charge in [0.1, 0.15) is 17.1 Å². The summed E-state index contributed by atoms with van der Waals surface area (Å²) in [5.74, 6) is 2.97. The molecule has 110 valence electrons. The van der Waals surface area contributed by atoms with Crippen LogP contribution in [-0.2, 0) is 6.54 Å². The first-order valence-electron chi connectivity index (χ1n) is 7.33. The number of furan rings is 1. The minimum absolute atomic E-state index is 0.445. The molecule has 0 radical (unpaired) electrons. The van der Waals surface area contributed by atoms with Gasteiger partial charge in [-0.15, -0.1) is 0 Å². The number of hydrogen-bond donors (Lipinski definition) is 1. The summed E-state index contributed by atoms with van der Waals surface area (Å²) in [7, 11) is 1.68. The third-order valence-corrected chi connectivity index (χ3v) is 3.43. The van der Waals surface area contributed by atoms with Gasteiger partial charge >= 0.3 is 0 Å². The molecule has 0 saturated heterocycles. The maximum Gasteiger partial charge on any atom is 0.138 e. The van der Waals surface area contributed by atoms with E-state index >= 15 is 0 Å². The second kappa shape index (κ2) is 6.31. The smallest absolute Gasteiger partial charge is 0.138 e. The van der Waals surface area contributed by atoms with Crippen molar-refractivity contribution in [2.24, 2.45) is 5.92 Å². The molecule has 0 aliphatic heterocycles. The molecule has 1 aromatic carbocycles. The standard InChI is InChI=1S/C17H25NO2/c1-11(2)9-18-10-16-17(12(3)4)14-7-6-13(19-5)8-15(14)20-16/h6-8,11-12,18H,9-10H2,1-5H3. The van der Waals surface area contributed by atoms with E-state index < -0.39 is 0 Å². The van der Waals surface area contributed by atoms with Crippen molar-refractivity contribution < 1.29 is 9.15 Å². The van der Waals surface area contributed by atoms with Crippen LogP contribution in [0.3, 0.4) is 0 Å². The lowest BCUT2D eigenvalue weighted by molar-refractivity contribution is 0.414. The summed E-state index contributed by atoms with van der Waals surface area (Å²) in [5.41, 5.74) is 2.22. The number of nitrogens with one attached hydrogen (secondary N) is 1. The van der Waals surface area contributed by atoms with Gasteiger partial charge in [-0.3, -0.25) is 0 Å². The zero-order chi connectivity index (χ0) is 14.7. The van der Waals surface area contributed by atoms with E-state index in [2.05, 4.69) is 39.1 Å². The fraction of sp³-hybridized carbons (Fsp3) is 0.529. The predicted octanol–water partition coefficient (Wildman–Crippen LogP) is 4.31. The Balaban J connectivity index is 2.34. The van der Waals surface area contributed by atoms with Crippen LogP contribution in [0.1, 0.15) is 44.9 Å². The molecule has 0 aliphatic carbocycles. The molecule has 3 heteroatoms. The molecule has 1 heterocycles. The van der Waals surface area contributed by atoms with Crippen molar-refractivity contribution in [3.05, 3.63) is 29.5 Å². The van der Waals surface area contributed by atoms with E-state index in [-0.39, 0.29) is 0 Å². The molecule has 0 saturated carbocycles. The average Bonchev–Trinajstić information content (AvgIpc) is 2.75. The topological polar surface area (TPSA) is 34.4 Å². The van der Waals surface area contributed by atoms with Crippen molar-refractivity contribution in [2.75, 3.05) is 13.7 Å². The van der Waals surface area contributed by atoms with Gasteiger partial charge in [-0.25, -0.2) is 0 Å². The number of benzene rings is 1. The Morgan fingerprint density at radius 1 is 1.20 bits per heavy atom. The minimum atomic E-state index is 0.445. The quantitative estimate of drug-likeness (QED) is 0.853. The molecule has 0 amide bonds. The summed E-state index contributed by atoms with van der Waals surface area (Å²) in [4.78, 5) is 0. The van der Waals surface area contributed by atoms with Crippen LogP contribution in [0.25, 0.3) is 11.0 Å². The van der Waals surface area contributed by atoms with Gasteiger partial charge in [-0.1, -0.05) is 27.7 Å². The lowest BCUT2D eigenvalue weighted by Gasteiger charge is -2.09. The summed E-state index contributed by atoms with van der Waals surface area (Å²) in [6.45, 7) is 10.6. The SMILES string of the molecule is COc1ccc2c(C(C)C)c(CNCC(C)C)oc2c1. The maximum absolute atomic E-state index is 6.04. The van der Waals surface area contributed by atoms with Crippen LogP contribution >= 0.6 is 0 Å².